The Morgan fingerprint density at radius 1 is 1.03 bits per heavy atom. The normalized spacial score (nSPS) is 17.1. The standard InChI is InChI=1S/C26H26N4O4S/c31-23(15-34-20-5-2-1-3-6-20)30-14-4-7-22(30)25(33)29-26-28-21(16-35-26)17-8-10-18(11-9-17)24(32)27-19-12-13-19/h1-3,5-6,8-11,16,19,22H,4,7,12-15H2,(H,27,32)(H,28,29,33)/t22-/m0/s1. The molecule has 1 atom stereocenters. The summed E-state index contributed by atoms with van der Waals surface area (Å²) >= 11 is 1.33. The van der Waals surface area contributed by atoms with Crippen LogP contribution >= 0.6 is 11.3 Å². The Kier molecular flexibility index (Phi) is 6.76. The first kappa shape index (κ1) is 23.0. The quantitative estimate of drug-likeness (QED) is 0.501. The van der Waals surface area contributed by atoms with Crippen LogP contribution in [0.25, 0.3) is 11.3 Å². The number of rotatable bonds is 8. The molecule has 2 fully saturated rings. The number of thiazole rings is 1. The van der Waals surface area contributed by atoms with Crippen LogP contribution in [0, 0.1) is 0 Å². The summed E-state index contributed by atoms with van der Waals surface area (Å²) in [7, 11) is 0. The Morgan fingerprint density at radius 2 is 1.80 bits per heavy atom. The maximum absolute atomic E-state index is 12.9. The van der Waals surface area contributed by atoms with Crippen molar-refractivity contribution in [3.05, 3.63) is 65.5 Å². The smallest absolute Gasteiger partial charge is 0.261 e. The predicted molar refractivity (Wildman–Crippen MR) is 133 cm³/mol. The Labute approximate surface area is 207 Å². The van der Waals surface area contributed by atoms with E-state index in [1.54, 1.807) is 29.2 Å². The number of ether oxygens (including phenoxy) is 1. The minimum atomic E-state index is -0.543. The molecule has 3 aromatic rings. The van der Waals surface area contributed by atoms with Crippen LogP contribution in [0.3, 0.4) is 0 Å². The summed E-state index contributed by atoms with van der Waals surface area (Å²) < 4.78 is 5.57. The van der Waals surface area contributed by atoms with E-state index >= 15 is 0 Å². The largest absolute Gasteiger partial charge is 0.484 e. The van der Waals surface area contributed by atoms with E-state index < -0.39 is 6.04 Å². The van der Waals surface area contributed by atoms with Gasteiger partial charge in [-0.1, -0.05) is 30.3 Å². The number of likely N-dealkylation sites (tertiary alicyclic amines) is 1. The third-order valence-corrected chi connectivity index (χ3v) is 6.83. The van der Waals surface area contributed by atoms with Crippen molar-refractivity contribution in [2.45, 2.75) is 37.8 Å². The molecule has 1 saturated carbocycles. The molecule has 0 radical (unpaired) electrons. The molecule has 1 aromatic heterocycles. The summed E-state index contributed by atoms with van der Waals surface area (Å²) in [6.07, 6.45) is 3.46. The number of aromatic nitrogens is 1. The lowest BCUT2D eigenvalue weighted by molar-refractivity contribution is -0.138. The van der Waals surface area contributed by atoms with Crippen LogP contribution in [0.5, 0.6) is 5.75 Å². The molecule has 0 bridgehead atoms. The van der Waals surface area contributed by atoms with Crippen molar-refractivity contribution in [2.75, 3.05) is 18.5 Å². The van der Waals surface area contributed by atoms with Gasteiger partial charge < -0.3 is 20.3 Å². The van der Waals surface area contributed by atoms with Crippen molar-refractivity contribution >= 4 is 34.2 Å². The van der Waals surface area contributed by atoms with Gasteiger partial charge in [0.1, 0.15) is 11.8 Å². The van der Waals surface area contributed by atoms with Crippen molar-refractivity contribution in [3.63, 3.8) is 0 Å². The molecule has 1 aliphatic carbocycles. The molecule has 2 heterocycles. The van der Waals surface area contributed by atoms with E-state index in [1.807, 2.05) is 35.7 Å². The molecule has 5 rings (SSSR count). The highest BCUT2D eigenvalue weighted by atomic mass is 32.1. The molecule has 1 aliphatic heterocycles. The molecule has 35 heavy (non-hydrogen) atoms. The topological polar surface area (TPSA) is 101 Å². The Balaban J connectivity index is 1.17. The minimum absolute atomic E-state index is 0.0601. The van der Waals surface area contributed by atoms with Gasteiger partial charge in [-0.05, 0) is 49.9 Å². The maximum atomic E-state index is 12.9. The molecule has 0 unspecified atom stereocenters. The van der Waals surface area contributed by atoms with Gasteiger partial charge in [0.15, 0.2) is 11.7 Å². The fourth-order valence-corrected chi connectivity index (χ4v) is 4.75. The fourth-order valence-electron chi connectivity index (χ4n) is 4.02. The summed E-state index contributed by atoms with van der Waals surface area (Å²) in [6, 6.07) is 16.2. The number of carbonyl (C=O) groups excluding carboxylic acids is 3. The second-order valence-electron chi connectivity index (χ2n) is 8.70. The Bertz CT molecular complexity index is 1210. The summed E-state index contributed by atoms with van der Waals surface area (Å²) in [5.41, 5.74) is 2.20. The van der Waals surface area contributed by atoms with Crippen LogP contribution in [0.4, 0.5) is 5.13 Å². The first-order valence-corrected chi connectivity index (χ1v) is 12.6. The Morgan fingerprint density at radius 3 is 2.54 bits per heavy atom. The summed E-state index contributed by atoms with van der Waals surface area (Å²) in [5.74, 6) is 0.101. The van der Waals surface area contributed by atoms with Crippen LogP contribution in [-0.2, 0) is 9.59 Å². The van der Waals surface area contributed by atoms with E-state index in [4.69, 9.17) is 4.74 Å². The van der Waals surface area contributed by atoms with Gasteiger partial charge in [0.05, 0.1) is 5.69 Å². The molecule has 9 heteroatoms. The van der Waals surface area contributed by atoms with Crippen LogP contribution in [0.15, 0.2) is 60.0 Å². The highest BCUT2D eigenvalue weighted by molar-refractivity contribution is 7.14. The van der Waals surface area contributed by atoms with Crippen molar-refractivity contribution in [1.82, 2.24) is 15.2 Å². The lowest BCUT2D eigenvalue weighted by Crippen LogP contribution is -2.45. The van der Waals surface area contributed by atoms with Crippen molar-refractivity contribution < 1.29 is 19.1 Å². The highest BCUT2D eigenvalue weighted by Gasteiger charge is 2.34. The van der Waals surface area contributed by atoms with E-state index in [0.29, 0.717) is 35.5 Å². The summed E-state index contributed by atoms with van der Waals surface area (Å²) in [4.78, 5) is 43.9. The number of benzene rings is 2. The monoisotopic (exact) mass is 490 g/mol. The summed E-state index contributed by atoms with van der Waals surface area (Å²) in [5, 5.41) is 8.17. The zero-order valence-electron chi connectivity index (χ0n) is 19.1. The van der Waals surface area contributed by atoms with Gasteiger partial charge in [0.2, 0.25) is 5.91 Å². The predicted octanol–water partition coefficient (Wildman–Crippen LogP) is 3.71. The molecule has 8 nitrogen and oxygen atoms in total. The van der Waals surface area contributed by atoms with E-state index in [0.717, 1.165) is 30.5 Å². The number of carbonyl (C=O) groups is 3. The van der Waals surface area contributed by atoms with Crippen molar-refractivity contribution in [3.8, 4) is 17.0 Å². The molecule has 1 saturated heterocycles. The van der Waals surface area contributed by atoms with Crippen molar-refractivity contribution in [1.29, 1.82) is 0 Å². The molecular formula is C26H26N4O4S. The van der Waals surface area contributed by atoms with E-state index in [2.05, 4.69) is 15.6 Å². The number of nitrogens with zero attached hydrogens (tertiary/aromatic N) is 2. The van der Waals surface area contributed by atoms with Gasteiger partial charge in [-0.2, -0.15) is 0 Å². The minimum Gasteiger partial charge on any atom is -0.484 e. The van der Waals surface area contributed by atoms with E-state index in [9.17, 15) is 14.4 Å². The lowest BCUT2D eigenvalue weighted by Gasteiger charge is -2.23. The molecule has 2 aromatic carbocycles. The molecule has 0 spiro atoms. The average molecular weight is 491 g/mol. The van der Waals surface area contributed by atoms with Gasteiger partial charge in [-0.3, -0.25) is 14.4 Å². The number of nitrogens with one attached hydrogen (secondary N) is 2. The molecule has 2 aliphatic rings. The number of anilines is 1. The molecule has 3 amide bonds. The third-order valence-electron chi connectivity index (χ3n) is 6.07. The number of para-hydroxylation sites is 1. The SMILES string of the molecule is O=C(NC1CC1)c1ccc(-c2csc(NC(=O)[C@@H]3CCCN3C(=O)COc3ccccc3)n2)cc1. The second kappa shape index (κ2) is 10.3. The second-order valence-corrected chi connectivity index (χ2v) is 9.56. The van der Waals surface area contributed by atoms with E-state index in [1.165, 1.54) is 11.3 Å². The van der Waals surface area contributed by atoms with Gasteiger partial charge in [-0.15, -0.1) is 11.3 Å². The Hall–Kier alpha value is -3.72. The first-order valence-electron chi connectivity index (χ1n) is 11.7. The average Bonchev–Trinajstić information content (AvgIpc) is 3.35. The fraction of sp³-hybridized carbons (Fsp3) is 0.308. The van der Waals surface area contributed by atoms with Crippen LogP contribution < -0.4 is 15.4 Å². The van der Waals surface area contributed by atoms with Gasteiger partial charge in [0, 0.05) is 29.1 Å². The maximum Gasteiger partial charge on any atom is 0.261 e. The number of hydrogen-bond donors (Lipinski definition) is 2. The lowest BCUT2D eigenvalue weighted by atomic mass is 10.1. The molecule has 2 N–H and O–H groups in total. The van der Waals surface area contributed by atoms with Gasteiger partial charge >= 0.3 is 0 Å². The third kappa shape index (κ3) is 5.68. The zero-order valence-corrected chi connectivity index (χ0v) is 19.9. The number of hydrogen-bond acceptors (Lipinski definition) is 6. The first-order chi connectivity index (χ1) is 17.1. The van der Waals surface area contributed by atoms with Crippen LogP contribution in [0.1, 0.15) is 36.0 Å². The molecule has 180 valence electrons. The van der Waals surface area contributed by atoms with Gasteiger partial charge in [-0.25, -0.2) is 4.98 Å². The molecular weight excluding hydrogens is 464 g/mol. The van der Waals surface area contributed by atoms with Gasteiger partial charge in [0.25, 0.3) is 11.8 Å². The van der Waals surface area contributed by atoms with E-state index in [-0.39, 0.29) is 24.3 Å². The van der Waals surface area contributed by atoms with Crippen LogP contribution in [-0.4, -0.2) is 52.8 Å². The summed E-state index contributed by atoms with van der Waals surface area (Å²) in [6.45, 7) is 0.419. The number of amides is 3. The van der Waals surface area contributed by atoms with Crippen molar-refractivity contribution in [2.24, 2.45) is 0 Å². The highest BCUT2D eigenvalue weighted by Crippen LogP contribution is 2.27. The van der Waals surface area contributed by atoms with Crippen LogP contribution in [0.2, 0.25) is 0 Å². The zero-order chi connectivity index (χ0) is 24.2.